The van der Waals surface area contributed by atoms with Gasteiger partial charge in [0, 0.05) is 5.38 Å². The molecule has 0 aliphatic rings. The molecule has 0 radical (unpaired) electrons. The Labute approximate surface area is 157 Å². The molecule has 1 aromatic carbocycles. The van der Waals surface area contributed by atoms with Gasteiger partial charge in [-0.25, -0.2) is 4.98 Å². The molecule has 1 aromatic heterocycles. The van der Waals surface area contributed by atoms with E-state index >= 15 is 0 Å². The highest BCUT2D eigenvalue weighted by atomic mass is 32.1. The van der Waals surface area contributed by atoms with Crippen LogP contribution >= 0.6 is 11.3 Å². The molecule has 0 saturated carbocycles. The first-order chi connectivity index (χ1) is 12.4. The number of rotatable bonds is 9. The Bertz CT molecular complexity index is 743. The van der Waals surface area contributed by atoms with Crippen LogP contribution in [0.2, 0.25) is 0 Å². The van der Waals surface area contributed by atoms with Crippen LogP contribution in [-0.4, -0.2) is 22.8 Å². The molecule has 7 heteroatoms. The van der Waals surface area contributed by atoms with E-state index in [2.05, 4.69) is 10.3 Å². The minimum absolute atomic E-state index is 0.00893. The van der Waals surface area contributed by atoms with Crippen molar-refractivity contribution >= 4 is 23.2 Å². The molecule has 0 saturated heterocycles. The Hall–Kier alpha value is -2.41. The maximum absolute atomic E-state index is 12.2. The monoisotopic (exact) mass is 375 g/mol. The van der Waals surface area contributed by atoms with E-state index in [4.69, 9.17) is 10.5 Å². The fraction of sp³-hybridized carbons (Fsp3) is 0.421. The van der Waals surface area contributed by atoms with Crippen molar-refractivity contribution in [3.63, 3.8) is 0 Å². The van der Waals surface area contributed by atoms with E-state index in [0.717, 1.165) is 17.2 Å². The van der Waals surface area contributed by atoms with Gasteiger partial charge in [-0.2, -0.15) is 0 Å². The third-order valence-corrected chi connectivity index (χ3v) is 5.03. The van der Waals surface area contributed by atoms with Crippen molar-refractivity contribution in [3.05, 3.63) is 45.9 Å². The predicted octanol–water partition coefficient (Wildman–Crippen LogP) is 2.59. The highest BCUT2D eigenvalue weighted by molar-refractivity contribution is 7.09. The number of ether oxygens (including phenoxy) is 1. The standard InChI is InChI=1S/C19H25N3O3S/c1-4-13(3)18(19(20)24)22-16(23)9-14-11-26-17(21-14)10-25-15-7-5-12(2)6-8-15/h5-8,11,13,18H,4,9-10H2,1-3H3,(H2,20,24)(H,22,23). The summed E-state index contributed by atoms with van der Waals surface area (Å²) in [6.07, 6.45) is 0.867. The van der Waals surface area contributed by atoms with Gasteiger partial charge in [0.2, 0.25) is 11.8 Å². The van der Waals surface area contributed by atoms with Crippen LogP contribution in [0.15, 0.2) is 29.6 Å². The van der Waals surface area contributed by atoms with E-state index in [9.17, 15) is 9.59 Å². The molecule has 1 heterocycles. The maximum Gasteiger partial charge on any atom is 0.240 e. The molecule has 0 aliphatic carbocycles. The van der Waals surface area contributed by atoms with Gasteiger partial charge in [0.05, 0.1) is 12.1 Å². The van der Waals surface area contributed by atoms with Crippen LogP contribution in [0.3, 0.4) is 0 Å². The zero-order valence-electron chi connectivity index (χ0n) is 15.3. The summed E-state index contributed by atoms with van der Waals surface area (Å²) < 4.78 is 5.69. The number of hydrogen-bond acceptors (Lipinski definition) is 5. The van der Waals surface area contributed by atoms with Gasteiger partial charge in [0.15, 0.2) is 0 Å². The molecule has 2 aromatic rings. The van der Waals surface area contributed by atoms with Crippen LogP contribution < -0.4 is 15.8 Å². The molecule has 140 valence electrons. The lowest BCUT2D eigenvalue weighted by Gasteiger charge is -2.20. The fourth-order valence-corrected chi connectivity index (χ4v) is 3.10. The lowest BCUT2D eigenvalue weighted by atomic mass is 9.98. The third kappa shape index (κ3) is 5.84. The first kappa shape index (κ1) is 19.9. The molecular weight excluding hydrogens is 350 g/mol. The Balaban J connectivity index is 1.87. The first-order valence-electron chi connectivity index (χ1n) is 8.60. The average molecular weight is 375 g/mol. The summed E-state index contributed by atoms with van der Waals surface area (Å²) >= 11 is 1.44. The Morgan fingerprint density at radius 2 is 2.00 bits per heavy atom. The second-order valence-electron chi connectivity index (χ2n) is 6.34. The summed E-state index contributed by atoms with van der Waals surface area (Å²) in [5.41, 5.74) is 7.21. The van der Waals surface area contributed by atoms with Gasteiger partial charge in [0.1, 0.15) is 23.4 Å². The number of benzene rings is 1. The normalized spacial score (nSPS) is 13.0. The van der Waals surface area contributed by atoms with E-state index in [1.165, 1.54) is 16.9 Å². The molecule has 0 bridgehead atoms. The fourth-order valence-electron chi connectivity index (χ4n) is 2.39. The number of amides is 2. The highest BCUT2D eigenvalue weighted by Gasteiger charge is 2.23. The van der Waals surface area contributed by atoms with Gasteiger partial charge < -0.3 is 15.8 Å². The average Bonchev–Trinajstić information content (AvgIpc) is 3.05. The lowest BCUT2D eigenvalue weighted by Crippen LogP contribution is -2.48. The summed E-state index contributed by atoms with van der Waals surface area (Å²) in [6.45, 7) is 6.21. The number of nitrogens with two attached hydrogens (primary N) is 1. The molecule has 2 amide bonds. The van der Waals surface area contributed by atoms with Crippen molar-refractivity contribution in [2.24, 2.45) is 11.7 Å². The predicted molar refractivity (Wildman–Crippen MR) is 102 cm³/mol. The van der Waals surface area contributed by atoms with Crippen LogP contribution in [0.25, 0.3) is 0 Å². The van der Waals surface area contributed by atoms with Crippen molar-refractivity contribution in [3.8, 4) is 5.75 Å². The molecule has 0 fully saturated rings. The van der Waals surface area contributed by atoms with Crippen LogP contribution in [-0.2, 0) is 22.6 Å². The van der Waals surface area contributed by atoms with Gasteiger partial charge in [-0.3, -0.25) is 9.59 Å². The number of carbonyl (C=O) groups is 2. The smallest absolute Gasteiger partial charge is 0.240 e. The largest absolute Gasteiger partial charge is 0.486 e. The SMILES string of the molecule is CCC(C)C(NC(=O)Cc1csc(COc2ccc(C)cc2)n1)C(N)=O. The molecule has 6 nitrogen and oxygen atoms in total. The van der Waals surface area contributed by atoms with Crippen LogP contribution in [0.4, 0.5) is 0 Å². The van der Waals surface area contributed by atoms with Gasteiger partial charge in [-0.1, -0.05) is 38.0 Å². The molecule has 3 N–H and O–H groups in total. The van der Waals surface area contributed by atoms with Crippen LogP contribution in [0.1, 0.15) is 36.5 Å². The van der Waals surface area contributed by atoms with Crippen molar-refractivity contribution in [2.75, 3.05) is 0 Å². The third-order valence-electron chi connectivity index (χ3n) is 4.16. The first-order valence-corrected chi connectivity index (χ1v) is 9.48. The summed E-state index contributed by atoms with van der Waals surface area (Å²) in [6, 6.07) is 7.14. The second-order valence-corrected chi connectivity index (χ2v) is 7.29. The van der Waals surface area contributed by atoms with Crippen molar-refractivity contribution < 1.29 is 14.3 Å². The number of hydrogen-bond donors (Lipinski definition) is 2. The minimum Gasteiger partial charge on any atom is -0.486 e. The van der Waals surface area contributed by atoms with Crippen molar-refractivity contribution in [1.29, 1.82) is 0 Å². The van der Waals surface area contributed by atoms with Crippen LogP contribution in [0, 0.1) is 12.8 Å². The van der Waals surface area contributed by atoms with E-state index in [0.29, 0.717) is 12.3 Å². The highest BCUT2D eigenvalue weighted by Crippen LogP contribution is 2.16. The van der Waals surface area contributed by atoms with E-state index in [1.807, 2.05) is 50.4 Å². The van der Waals surface area contributed by atoms with E-state index in [-0.39, 0.29) is 18.2 Å². The zero-order chi connectivity index (χ0) is 19.1. The lowest BCUT2D eigenvalue weighted by molar-refractivity contribution is -0.128. The summed E-state index contributed by atoms with van der Waals surface area (Å²) in [5.74, 6) is -0.00290. The minimum atomic E-state index is -0.657. The number of aromatic nitrogens is 1. The summed E-state index contributed by atoms with van der Waals surface area (Å²) in [4.78, 5) is 28.1. The van der Waals surface area contributed by atoms with E-state index in [1.54, 1.807) is 0 Å². The number of aryl methyl sites for hydroxylation is 1. The quantitative estimate of drug-likeness (QED) is 0.704. The number of nitrogens with one attached hydrogen (secondary N) is 1. The number of primary amides is 1. The van der Waals surface area contributed by atoms with Gasteiger partial charge >= 0.3 is 0 Å². The number of carbonyl (C=O) groups excluding carboxylic acids is 2. The molecule has 2 atom stereocenters. The number of thiazole rings is 1. The topological polar surface area (TPSA) is 94.3 Å². The van der Waals surface area contributed by atoms with Gasteiger partial charge in [-0.05, 0) is 25.0 Å². The van der Waals surface area contributed by atoms with Gasteiger partial charge in [-0.15, -0.1) is 11.3 Å². The zero-order valence-corrected chi connectivity index (χ0v) is 16.1. The second kappa shape index (κ2) is 9.33. The summed E-state index contributed by atoms with van der Waals surface area (Å²) in [7, 11) is 0. The number of nitrogens with zero attached hydrogens (tertiary/aromatic N) is 1. The van der Waals surface area contributed by atoms with Crippen LogP contribution in [0.5, 0.6) is 5.75 Å². The van der Waals surface area contributed by atoms with Gasteiger partial charge in [0.25, 0.3) is 0 Å². The Morgan fingerprint density at radius 1 is 1.31 bits per heavy atom. The molecule has 2 rings (SSSR count). The molecule has 26 heavy (non-hydrogen) atoms. The summed E-state index contributed by atoms with van der Waals surface area (Å²) in [5, 5.41) is 5.33. The van der Waals surface area contributed by atoms with Crippen molar-refractivity contribution in [1.82, 2.24) is 10.3 Å². The molecular formula is C19H25N3O3S. The molecule has 2 unspecified atom stereocenters. The Kier molecular flexibility index (Phi) is 7.15. The molecule has 0 spiro atoms. The maximum atomic E-state index is 12.2. The van der Waals surface area contributed by atoms with Crippen molar-refractivity contribution in [2.45, 2.75) is 46.3 Å². The Morgan fingerprint density at radius 3 is 2.62 bits per heavy atom. The van der Waals surface area contributed by atoms with E-state index < -0.39 is 11.9 Å². The molecule has 0 aliphatic heterocycles.